The van der Waals surface area contributed by atoms with Gasteiger partial charge in [0.15, 0.2) is 5.78 Å². The lowest BCUT2D eigenvalue weighted by atomic mass is 9.67. The Bertz CT molecular complexity index is 673. The third-order valence-electron chi connectivity index (χ3n) is 5.93. The second kappa shape index (κ2) is 6.27. The summed E-state index contributed by atoms with van der Waals surface area (Å²) in [6, 6.07) is 6.71. The summed E-state index contributed by atoms with van der Waals surface area (Å²) in [4.78, 5) is 37.4. The normalized spacial score (nSPS) is 28.0. The first-order valence-corrected chi connectivity index (χ1v) is 9.01. The molecule has 3 heteroatoms. The van der Waals surface area contributed by atoms with Crippen LogP contribution in [0.15, 0.2) is 24.3 Å². The van der Waals surface area contributed by atoms with E-state index in [1.165, 1.54) is 0 Å². The number of carbonyl (C=O) groups is 3. The summed E-state index contributed by atoms with van der Waals surface area (Å²) in [6.45, 7) is 6.84. The van der Waals surface area contributed by atoms with Crippen LogP contribution in [0.4, 0.5) is 0 Å². The van der Waals surface area contributed by atoms with Crippen LogP contribution in [0.25, 0.3) is 0 Å². The van der Waals surface area contributed by atoms with E-state index in [-0.39, 0.29) is 11.3 Å². The Morgan fingerprint density at radius 2 is 1.46 bits per heavy atom. The molecule has 24 heavy (non-hydrogen) atoms. The fourth-order valence-corrected chi connectivity index (χ4v) is 4.31. The van der Waals surface area contributed by atoms with Gasteiger partial charge in [-0.3, -0.25) is 14.4 Å². The van der Waals surface area contributed by atoms with Crippen LogP contribution in [-0.4, -0.2) is 17.3 Å². The number of Topliss-reactive ketones (excluding diaryl/α,β-unsaturated/α-hetero) is 3. The highest BCUT2D eigenvalue weighted by Crippen LogP contribution is 2.42. The van der Waals surface area contributed by atoms with Gasteiger partial charge in [-0.1, -0.05) is 57.9 Å². The highest BCUT2D eigenvalue weighted by Gasteiger charge is 2.41. The van der Waals surface area contributed by atoms with Crippen molar-refractivity contribution in [2.24, 2.45) is 23.2 Å². The minimum atomic E-state index is -0.761. The van der Waals surface area contributed by atoms with E-state index in [2.05, 4.69) is 20.8 Å². The molecule has 0 heterocycles. The molecule has 1 atom stereocenters. The summed E-state index contributed by atoms with van der Waals surface area (Å²) in [5.74, 6) is -0.833. The molecule has 1 saturated carbocycles. The largest absolute Gasteiger partial charge is 0.293 e. The van der Waals surface area contributed by atoms with Gasteiger partial charge in [-0.15, -0.1) is 0 Å². The summed E-state index contributed by atoms with van der Waals surface area (Å²) in [5.41, 5.74) is 1.02. The molecule has 1 fully saturated rings. The molecule has 0 spiro atoms. The van der Waals surface area contributed by atoms with Crippen LogP contribution in [0.1, 0.15) is 73.6 Å². The molecule has 0 aromatic heterocycles. The predicted molar refractivity (Wildman–Crippen MR) is 93.1 cm³/mol. The summed E-state index contributed by atoms with van der Waals surface area (Å²) in [5, 5.41) is 0. The van der Waals surface area contributed by atoms with E-state index in [0.717, 1.165) is 25.7 Å². The van der Waals surface area contributed by atoms with Crippen molar-refractivity contribution in [1.82, 2.24) is 0 Å². The second-order valence-electron chi connectivity index (χ2n) is 8.48. The Labute approximate surface area is 143 Å². The van der Waals surface area contributed by atoms with Crippen molar-refractivity contribution < 1.29 is 14.4 Å². The zero-order chi connectivity index (χ0) is 17.5. The molecule has 0 aliphatic heterocycles. The molecule has 2 aliphatic rings. The summed E-state index contributed by atoms with van der Waals surface area (Å²) < 4.78 is 0. The molecule has 128 valence electrons. The molecule has 0 saturated heterocycles. The topological polar surface area (TPSA) is 51.2 Å². The van der Waals surface area contributed by atoms with Gasteiger partial charge in [0.2, 0.25) is 11.6 Å². The Kier molecular flexibility index (Phi) is 4.46. The number of ketones is 3. The Balaban J connectivity index is 1.72. The Hall–Kier alpha value is -1.77. The number of rotatable bonds is 2. The molecular formula is C21H26O3. The molecule has 1 aromatic rings. The van der Waals surface area contributed by atoms with Gasteiger partial charge in [-0.05, 0) is 36.5 Å². The van der Waals surface area contributed by atoms with Crippen molar-refractivity contribution in [3.63, 3.8) is 0 Å². The molecule has 0 amide bonds. The molecule has 3 nitrogen and oxygen atoms in total. The molecule has 3 rings (SSSR count). The standard InChI is InChI=1S/C21H26O3/c1-21(2,3)14-10-8-13(9-11-14)12-17-18(22)15-6-4-5-7-16(15)19(23)20(17)24/h4-7,13-14,17H,8-12H2,1-3H3/t13?,14?,17-/m1/s1. The molecule has 0 unspecified atom stereocenters. The van der Waals surface area contributed by atoms with Gasteiger partial charge in [-0.2, -0.15) is 0 Å². The number of benzene rings is 1. The highest BCUT2D eigenvalue weighted by molar-refractivity contribution is 6.51. The molecule has 0 bridgehead atoms. The molecule has 2 aliphatic carbocycles. The van der Waals surface area contributed by atoms with Gasteiger partial charge in [-0.25, -0.2) is 0 Å². The predicted octanol–water partition coefficient (Wildman–Crippen LogP) is 4.49. The minimum absolute atomic E-state index is 0.159. The molecule has 1 aromatic carbocycles. The summed E-state index contributed by atoms with van der Waals surface area (Å²) >= 11 is 0. The van der Waals surface area contributed by atoms with Gasteiger partial charge < -0.3 is 0 Å². The van der Waals surface area contributed by atoms with Crippen molar-refractivity contribution >= 4 is 17.3 Å². The van der Waals surface area contributed by atoms with Crippen LogP contribution in [0.5, 0.6) is 0 Å². The van der Waals surface area contributed by atoms with Crippen LogP contribution in [0.2, 0.25) is 0 Å². The van der Waals surface area contributed by atoms with Gasteiger partial charge in [0.25, 0.3) is 0 Å². The average Bonchev–Trinajstić information content (AvgIpc) is 2.56. The van der Waals surface area contributed by atoms with Crippen LogP contribution >= 0.6 is 0 Å². The lowest BCUT2D eigenvalue weighted by Crippen LogP contribution is -2.38. The fourth-order valence-electron chi connectivity index (χ4n) is 4.31. The first-order valence-electron chi connectivity index (χ1n) is 9.01. The van der Waals surface area contributed by atoms with Crippen LogP contribution in [0.3, 0.4) is 0 Å². The first kappa shape index (κ1) is 17.1. The molecule has 0 radical (unpaired) electrons. The lowest BCUT2D eigenvalue weighted by Gasteiger charge is -2.37. The minimum Gasteiger partial charge on any atom is -0.293 e. The Morgan fingerprint density at radius 3 is 2.04 bits per heavy atom. The van der Waals surface area contributed by atoms with Crippen molar-refractivity contribution in [2.45, 2.75) is 52.9 Å². The maximum absolute atomic E-state index is 12.7. The quantitative estimate of drug-likeness (QED) is 0.594. The van der Waals surface area contributed by atoms with Crippen LogP contribution in [0, 0.1) is 23.2 Å². The monoisotopic (exact) mass is 326 g/mol. The van der Waals surface area contributed by atoms with E-state index in [0.29, 0.717) is 29.2 Å². The van der Waals surface area contributed by atoms with Gasteiger partial charge >= 0.3 is 0 Å². The fraction of sp³-hybridized carbons (Fsp3) is 0.571. The van der Waals surface area contributed by atoms with E-state index < -0.39 is 17.5 Å². The zero-order valence-corrected chi connectivity index (χ0v) is 14.8. The van der Waals surface area contributed by atoms with Crippen molar-refractivity contribution in [3.05, 3.63) is 35.4 Å². The third kappa shape index (κ3) is 3.09. The summed E-state index contributed by atoms with van der Waals surface area (Å²) in [7, 11) is 0. The third-order valence-corrected chi connectivity index (χ3v) is 5.93. The van der Waals surface area contributed by atoms with Gasteiger partial charge in [0.1, 0.15) is 0 Å². The Morgan fingerprint density at radius 1 is 0.875 bits per heavy atom. The maximum atomic E-state index is 12.7. The molecular weight excluding hydrogens is 300 g/mol. The van der Waals surface area contributed by atoms with Crippen molar-refractivity contribution in [2.75, 3.05) is 0 Å². The average molecular weight is 326 g/mol. The number of hydrogen-bond acceptors (Lipinski definition) is 3. The number of carbonyl (C=O) groups excluding carboxylic acids is 3. The van der Waals surface area contributed by atoms with Crippen molar-refractivity contribution in [1.29, 1.82) is 0 Å². The SMILES string of the molecule is CC(C)(C)C1CCC(C[C@H]2C(=O)C(=O)c3ccccc3C2=O)CC1. The van der Waals surface area contributed by atoms with E-state index in [9.17, 15) is 14.4 Å². The smallest absolute Gasteiger partial charge is 0.230 e. The van der Waals surface area contributed by atoms with E-state index in [1.54, 1.807) is 24.3 Å². The second-order valence-corrected chi connectivity index (χ2v) is 8.48. The maximum Gasteiger partial charge on any atom is 0.230 e. The summed E-state index contributed by atoms with van der Waals surface area (Å²) in [6.07, 6.45) is 4.93. The first-order chi connectivity index (χ1) is 11.3. The van der Waals surface area contributed by atoms with E-state index in [4.69, 9.17) is 0 Å². The van der Waals surface area contributed by atoms with Crippen LogP contribution in [-0.2, 0) is 4.79 Å². The van der Waals surface area contributed by atoms with E-state index >= 15 is 0 Å². The number of fused-ring (bicyclic) bond motifs is 1. The number of hydrogen-bond donors (Lipinski definition) is 0. The van der Waals surface area contributed by atoms with Crippen molar-refractivity contribution in [3.8, 4) is 0 Å². The van der Waals surface area contributed by atoms with E-state index in [1.807, 2.05) is 0 Å². The lowest BCUT2D eigenvalue weighted by molar-refractivity contribution is -0.118. The molecule has 0 N–H and O–H groups in total. The van der Waals surface area contributed by atoms with Gasteiger partial charge in [0, 0.05) is 11.1 Å². The zero-order valence-electron chi connectivity index (χ0n) is 14.8. The van der Waals surface area contributed by atoms with Gasteiger partial charge in [0.05, 0.1) is 5.92 Å². The highest BCUT2D eigenvalue weighted by atomic mass is 16.2. The van der Waals surface area contributed by atoms with Crippen LogP contribution < -0.4 is 0 Å².